The Morgan fingerprint density at radius 3 is 2.67 bits per heavy atom. The first-order valence-electron chi connectivity index (χ1n) is 5.97. The largest absolute Gasteiger partial charge is 0.197 e. The van der Waals surface area contributed by atoms with E-state index in [9.17, 15) is 0 Å². The van der Waals surface area contributed by atoms with Gasteiger partial charge in [-0.3, -0.25) is 0 Å². The van der Waals surface area contributed by atoms with Gasteiger partial charge in [0.25, 0.3) is 0 Å². The summed E-state index contributed by atoms with van der Waals surface area (Å²) in [5.74, 6) is 0.936. The Morgan fingerprint density at radius 2 is 2.13 bits per heavy atom. The molecular formula is C13H21NS. The second kappa shape index (κ2) is 4.25. The zero-order valence-electron chi connectivity index (χ0n) is 10.0. The van der Waals surface area contributed by atoms with Crippen LogP contribution >= 0.6 is 11.5 Å². The van der Waals surface area contributed by atoms with Crippen LogP contribution in [0.4, 0.5) is 0 Å². The lowest BCUT2D eigenvalue weighted by Gasteiger charge is -2.25. The maximum Gasteiger partial charge on any atom is 0.0577 e. The molecule has 0 saturated heterocycles. The van der Waals surface area contributed by atoms with Gasteiger partial charge in [-0.05, 0) is 41.3 Å². The highest BCUT2D eigenvalue weighted by molar-refractivity contribution is 7.03. The lowest BCUT2D eigenvalue weighted by molar-refractivity contribution is 0.310. The molecule has 1 fully saturated rings. The molecule has 0 atom stereocenters. The topological polar surface area (TPSA) is 12.9 Å². The van der Waals surface area contributed by atoms with Gasteiger partial charge in [-0.1, -0.05) is 40.0 Å². The number of aromatic nitrogens is 1. The molecule has 1 saturated carbocycles. The summed E-state index contributed by atoms with van der Waals surface area (Å²) in [7, 11) is 0. The molecule has 84 valence electrons. The minimum atomic E-state index is 0.386. The van der Waals surface area contributed by atoms with Crippen molar-refractivity contribution in [3.05, 3.63) is 16.6 Å². The smallest absolute Gasteiger partial charge is 0.0577 e. The molecule has 1 nitrogen and oxygen atoms in total. The third-order valence-electron chi connectivity index (χ3n) is 3.16. The van der Waals surface area contributed by atoms with E-state index in [-0.39, 0.29) is 0 Å². The van der Waals surface area contributed by atoms with Gasteiger partial charge in [0, 0.05) is 5.38 Å². The maximum absolute atomic E-state index is 4.56. The predicted molar refractivity (Wildman–Crippen MR) is 66.3 cm³/mol. The molecule has 1 aromatic heterocycles. The molecule has 2 heteroatoms. The summed E-state index contributed by atoms with van der Waals surface area (Å²) >= 11 is 1.63. The lowest BCUT2D eigenvalue weighted by atomic mass is 9.80. The molecule has 0 N–H and O–H groups in total. The normalized spacial score (nSPS) is 17.8. The quantitative estimate of drug-likeness (QED) is 0.752. The van der Waals surface area contributed by atoms with E-state index in [0.717, 1.165) is 5.92 Å². The number of nitrogens with zero attached hydrogens (tertiary/aromatic N) is 1. The van der Waals surface area contributed by atoms with Crippen molar-refractivity contribution in [3.63, 3.8) is 0 Å². The average Bonchev–Trinajstić information content (AvgIpc) is 2.42. The summed E-state index contributed by atoms with van der Waals surface area (Å²) in [4.78, 5) is 0. The molecule has 0 unspecified atom stereocenters. The van der Waals surface area contributed by atoms with Gasteiger partial charge >= 0.3 is 0 Å². The van der Waals surface area contributed by atoms with Gasteiger partial charge in [0.2, 0.25) is 0 Å². The van der Waals surface area contributed by atoms with Crippen LogP contribution in [-0.2, 0) is 12.8 Å². The summed E-state index contributed by atoms with van der Waals surface area (Å²) in [6.07, 6.45) is 6.68. The Bertz CT molecular complexity index is 318. The van der Waals surface area contributed by atoms with Crippen LogP contribution in [0.15, 0.2) is 5.38 Å². The van der Waals surface area contributed by atoms with Crippen LogP contribution in [0.3, 0.4) is 0 Å². The molecule has 2 rings (SSSR count). The van der Waals surface area contributed by atoms with Crippen molar-refractivity contribution >= 4 is 11.5 Å². The van der Waals surface area contributed by atoms with E-state index in [0.29, 0.717) is 5.41 Å². The molecular weight excluding hydrogens is 202 g/mol. The SMILES string of the molecule is CC(C)(C)Cc1csnc1CC1CCC1. The van der Waals surface area contributed by atoms with Gasteiger partial charge in [-0.2, -0.15) is 4.37 Å². The number of hydrogen-bond donors (Lipinski definition) is 0. The Balaban J connectivity index is 2.01. The second-order valence-corrected chi connectivity index (χ2v) is 6.65. The molecule has 0 aromatic carbocycles. The summed E-state index contributed by atoms with van der Waals surface area (Å²) < 4.78 is 4.56. The Kier molecular flexibility index (Phi) is 3.15. The highest BCUT2D eigenvalue weighted by atomic mass is 32.1. The van der Waals surface area contributed by atoms with Crippen LogP contribution in [0.2, 0.25) is 0 Å². The predicted octanol–water partition coefficient (Wildman–Crippen LogP) is 4.07. The first kappa shape index (κ1) is 11.1. The Hall–Kier alpha value is -0.370. The van der Waals surface area contributed by atoms with Crippen LogP contribution < -0.4 is 0 Å². The summed E-state index contributed by atoms with van der Waals surface area (Å²) in [6.45, 7) is 6.91. The summed E-state index contributed by atoms with van der Waals surface area (Å²) in [5.41, 5.74) is 3.27. The summed E-state index contributed by atoms with van der Waals surface area (Å²) in [5, 5.41) is 2.25. The monoisotopic (exact) mass is 223 g/mol. The minimum Gasteiger partial charge on any atom is -0.197 e. The lowest BCUT2D eigenvalue weighted by Crippen LogP contribution is -2.16. The highest BCUT2D eigenvalue weighted by Crippen LogP contribution is 2.32. The van der Waals surface area contributed by atoms with Gasteiger partial charge in [-0.25, -0.2) is 0 Å². The minimum absolute atomic E-state index is 0.386. The molecule has 0 radical (unpaired) electrons. The van der Waals surface area contributed by atoms with Gasteiger partial charge in [0.05, 0.1) is 5.69 Å². The van der Waals surface area contributed by atoms with Gasteiger partial charge in [-0.15, -0.1) is 0 Å². The van der Waals surface area contributed by atoms with E-state index in [2.05, 4.69) is 30.5 Å². The van der Waals surface area contributed by atoms with Gasteiger partial charge in [0.1, 0.15) is 0 Å². The standard InChI is InChI=1S/C13H21NS/c1-13(2,3)8-11-9-15-14-12(11)7-10-5-4-6-10/h9-10H,4-8H2,1-3H3. The average molecular weight is 223 g/mol. The van der Waals surface area contributed by atoms with Crippen molar-refractivity contribution < 1.29 is 0 Å². The van der Waals surface area contributed by atoms with Gasteiger partial charge < -0.3 is 0 Å². The van der Waals surface area contributed by atoms with Crippen molar-refractivity contribution in [2.24, 2.45) is 11.3 Å². The second-order valence-electron chi connectivity index (χ2n) is 6.02. The molecule has 0 amide bonds. The summed E-state index contributed by atoms with van der Waals surface area (Å²) in [6, 6.07) is 0. The molecule has 0 aliphatic heterocycles. The van der Waals surface area contributed by atoms with Crippen LogP contribution in [-0.4, -0.2) is 4.37 Å². The molecule has 1 aliphatic carbocycles. The van der Waals surface area contributed by atoms with E-state index in [1.54, 1.807) is 11.5 Å². The van der Waals surface area contributed by atoms with Crippen LogP contribution in [0.5, 0.6) is 0 Å². The maximum atomic E-state index is 4.56. The van der Waals surface area contributed by atoms with E-state index in [1.165, 1.54) is 43.4 Å². The number of rotatable bonds is 3. The van der Waals surface area contributed by atoms with E-state index < -0.39 is 0 Å². The molecule has 1 aromatic rings. The Labute approximate surface area is 97.1 Å². The fourth-order valence-corrected chi connectivity index (χ4v) is 2.85. The third kappa shape index (κ3) is 3.04. The zero-order chi connectivity index (χ0) is 10.9. The molecule has 1 aliphatic rings. The fraction of sp³-hybridized carbons (Fsp3) is 0.769. The first-order valence-corrected chi connectivity index (χ1v) is 6.80. The molecule has 15 heavy (non-hydrogen) atoms. The zero-order valence-corrected chi connectivity index (χ0v) is 10.9. The van der Waals surface area contributed by atoms with E-state index in [4.69, 9.17) is 0 Å². The van der Waals surface area contributed by atoms with Crippen molar-refractivity contribution in [1.29, 1.82) is 0 Å². The van der Waals surface area contributed by atoms with E-state index >= 15 is 0 Å². The highest BCUT2D eigenvalue weighted by Gasteiger charge is 2.22. The van der Waals surface area contributed by atoms with Gasteiger partial charge in [0.15, 0.2) is 0 Å². The van der Waals surface area contributed by atoms with Crippen LogP contribution in [0, 0.1) is 11.3 Å². The third-order valence-corrected chi connectivity index (χ3v) is 3.87. The molecule has 0 bridgehead atoms. The fourth-order valence-electron chi connectivity index (χ4n) is 2.13. The number of hydrogen-bond acceptors (Lipinski definition) is 2. The Morgan fingerprint density at radius 1 is 1.40 bits per heavy atom. The molecule has 1 heterocycles. The van der Waals surface area contributed by atoms with Crippen molar-refractivity contribution in [3.8, 4) is 0 Å². The first-order chi connectivity index (χ1) is 7.04. The van der Waals surface area contributed by atoms with Crippen molar-refractivity contribution in [1.82, 2.24) is 4.37 Å². The van der Waals surface area contributed by atoms with Crippen LogP contribution in [0.25, 0.3) is 0 Å². The van der Waals surface area contributed by atoms with Crippen LogP contribution in [0.1, 0.15) is 51.3 Å². The van der Waals surface area contributed by atoms with Crippen molar-refractivity contribution in [2.45, 2.75) is 52.9 Å². The molecule has 0 spiro atoms. The van der Waals surface area contributed by atoms with Crippen molar-refractivity contribution in [2.75, 3.05) is 0 Å². The van der Waals surface area contributed by atoms with E-state index in [1.807, 2.05) is 0 Å².